The minimum absolute atomic E-state index is 0.112. The van der Waals surface area contributed by atoms with Crippen LogP contribution in [0.2, 0.25) is 0 Å². The molecule has 0 saturated carbocycles. The average Bonchev–Trinajstić information content (AvgIpc) is 3.21. The van der Waals surface area contributed by atoms with E-state index in [1.54, 1.807) is 0 Å². The van der Waals surface area contributed by atoms with Gasteiger partial charge in [0.15, 0.2) is 6.10 Å². The van der Waals surface area contributed by atoms with E-state index in [2.05, 4.69) is 106 Å². The first-order valence-electron chi connectivity index (χ1n) is 22.8. The fourth-order valence-corrected chi connectivity index (χ4v) is 5.68. The van der Waals surface area contributed by atoms with Gasteiger partial charge in [-0.25, -0.2) is 0 Å². The lowest BCUT2D eigenvalue weighted by molar-refractivity contribution is -0.166. The zero-order chi connectivity index (χ0) is 41.5. The summed E-state index contributed by atoms with van der Waals surface area (Å²) in [4.78, 5) is 37.6. The van der Waals surface area contributed by atoms with E-state index < -0.39 is 6.10 Å². The molecule has 0 N–H and O–H groups in total. The van der Waals surface area contributed by atoms with Crippen molar-refractivity contribution in [2.24, 2.45) is 0 Å². The molecule has 1 unspecified atom stereocenters. The zero-order valence-electron chi connectivity index (χ0n) is 36.6. The van der Waals surface area contributed by atoms with Crippen LogP contribution in [0.3, 0.4) is 0 Å². The van der Waals surface area contributed by atoms with E-state index in [9.17, 15) is 14.4 Å². The Hall–Kier alpha value is -3.67. The van der Waals surface area contributed by atoms with Crippen molar-refractivity contribution in [2.45, 2.75) is 194 Å². The van der Waals surface area contributed by atoms with Crippen LogP contribution in [0.1, 0.15) is 188 Å². The number of hydrogen-bond donors (Lipinski definition) is 0. The third kappa shape index (κ3) is 43.3. The molecular weight excluding hydrogens is 709 g/mol. The quantitative estimate of drug-likeness (QED) is 0.0203. The molecule has 6 heteroatoms. The van der Waals surface area contributed by atoms with Crippen LogP contribution in [-0.2, 0) is 28.6 Å². The summed E-state index contributed by atoms with van der Waals surface area (Å²) >= 11 is 0. The highest BCUT2D eigenvalue weighted by Crippen LogP contribution is 2.12. The third-order valence-corrected chi connectivity index (χ3v) is 9.11. The van der Waals surface area contributed by atoms with E-state index >= 15 is 0 Å². The summed E-state index contributed by atoms with van der Waals surface area (Å²) in [6, 6.07) is 0. The summed E-state index contributed by atoms with van der Waals surface area (Å²) in [6.07, 6.45) is 58.4. The lowest BCUT2D eigenvalue weighted by Crippen LogP contribution is -2.30. The molecule has 0 bridgehead atoms. The number of carbonyl (C=O) groups excluding carboxylic acids is 3. The van der Waals surface area contributed by atoms with Gasteiger partial charge < -0.3 is 14.2 Å². The van der Waals surface area contributed by atoms with E-state index in [-0.39, 0.29) is 44.0 Å². The molecule has 0 aromatic carbocycles. The van der Waals surface area contributed by atoms with Gasteiger partial charge in [0, 0.05) is 19.3 Å². The molecule has 322 valence electrons. The highest BCUT2D eigenvalue weighted by atomic mass is 16.6. The number of allylic oxidation sites excluding steroid dienone is 16. The Balaban J connectivity index is 4.50. The zero-order valence-corrected chi connectivity index (χ0v) is 36.6. The molecule has 0 saturated heterocycles. The molecule has 1 atom stereocenters. The topological polar surface area (TPSA) is 78.9 Å². The summed E-state index contributed by atoms with van der Waals surface area (Å²) in [7, 11) is 0. The van der Waals surface area contributed by atoms with Gasteiger partial charge in [-0.2, -0.15) is 0 Å². The summed E-state index contributed by atoms with van der Waals surface area (Å²) in [5.41, 5.74) is 0. The van der Waals surface area contributed by atoms with Crippen molar-refractivity contribution in [3.8, 4) is 0 Å². The molecule has 0 aromatic heterocycles. The standard InChI is InChI=1S/C51H82O6/c1-4-7-10-13-16-19-21-22-23-24-25-26-27-28-30-32-35-38-41-44-50(53)56-47-48(46-55-49(52)43-40-37-34-31-18-15-12-9-6-3)57-51(54)45-42-39-36-33-29-20-17-14-11-8-5-2/h7,10,14,16-17,19-20,22-23,25-26,28-30,35,38,48H,4-6,8-9,11-13,15,18,21,24,27,31-34,36-37,39-47H2,1-3H3/b10-7-,17-14-,19-16-,23-22-,26-25-,29-20-,30-28-,38-35-. The normalized spacial score (nSPS) is 13.0. The molecule has 0 aliphatic heterocycles. The third-order valence-electron chi connectivity index (χ3n) is 9.11. The summed E-state index contributed by atoms with van der Waals surface area (Å²) in [5, 5.41) is 0. The van der Waals surface area contributed by atoms with Crippen molar-refractivity contribution < 1.29 is 28.6 Å². The first-order valence-corrected chi connectivity index (χ1v) is 22.8. The van der Waals surface area contributed by atoms with Crippen LogP contribution in [0.4, 0.5) is 0 Å². The Labute approximate surface area is 349 Å². The van der Waals surface area contributed by atoms with Gasteiger partial charge in [0.25, 0.3) is 0 Å². The van der Waals surface area contributed by atoms with Crippen molar-refractivity contribution in [1.29, 1.82) is 0 Å². The number of hydrogen-bond acceptors (Lipinski definition) is 6. The molecule has 6 nitrogen and oxygen atoms in total. The summed E-state index contributed by atoms with van der Waals surface area (Å²) in [6.45, 7) is 6.33. The van der Waals surface area contributed by atoms with Crippen LogP contribution in [-0.4, -0.2) is 37.2 Å². The van der Waals surface area contributed by atoms with Gasteiger partial charge in [-0.05, 0) is 77.0 Å². The van der Waals surface area contributed by atoms with Crippen molar-refractivity contribution >= 4 is 17.9 Å². The molecule has 57 heavy (non-hydrogen) atoms. The lowest BCUT2D eigenvalue weighted by Gasteiger charge is -2.18. The van der Waals surface area contributed by atoms with Crippen LogP contribution in [0, 0.1) is 0 Å². The maximum atomic E-state index is 12.7. The minimum atomic E-state index is -0.818. The van der Waals surface area contributed by atoms with Gasteiger partial charge in [0.05, 0.1) is 0 Å². The van der Waals surface area contributed by atoms with Crippen molar-refractivity contribution in [3.63, 3.8) is 0 Å². The van der Waals surface area contributed by atoms with Crippen molar-refractivity contribution in [2.75, 3.05) is 13.2 Å². The van der Waals surface area contributed by atoms with E-state index in [1.807, 2.05) is 12.2 Å². The van der Waals surface area contributed by atoms with Crippen LogP contribution < -0.4 is 0 Å². The van der Waals surface area contributed by atoms with Gasteiger partial charge >= 0.3 is 17.9 Å². The molecule has 0 aromatic rings. The van der Waals surface area contributed by atoms with Crippen LogP contribution in [0.15, 0.2) is 97.2 Å². The maximum Gasteiger partial charge on any atom is 0.306 e. The van der Waals surface area contributed by atoms with E-state index in [1.165, 1.54) is 51.4 Å². The summed E-state index contributed by atoms with van der Waals surface area (Å²) in [5.74, 6) is -1.04. The highest BCUT2D eigenvalue weighted by molar-refractivity contribution is 5.71. The van der Waals surface area contributed by atoms with Crippen LogP contribution in [0.5, 0.6) is 0 Å². The fraction of sp³-hybridized carbons (Fsp3) is 0.627. The Morgan fingerprint density at radius 1 is 0.386 bits per heavy atom. The number of esters is 3. The first kappa shape index (κ1) is 53.3. The van der Waals surface area contributed by atoms with E-state index in [4.69, 9.17) is 14.2 Å². The average molecular weight is 791 g/mol. The van der Waals surface area contributed by atoms with Gasteiger partial charge in [-0.1, -0.05) is 189 Å². The van der Waals surface area contributed by atoms with Crippen molar-refractivity contribution in [1.82, 2.24) is 0 Å². The monoisotopic (exact) mass is 791 g/mol. The maximum absolute atomic E-state index is 12.7. The van der Waals surface area contributed by atoms with Crippen LogP contribution in [0.25, 0.3) is 0 Å². The predicted octanol–water partition coefficient (Wildman–Crippen LogP) is 14.6. The Bertz CT molecular complexity index is 1180. The second kappa shape index (κ2) is 45.0. The molecule has 0 fully saturated rings. The lowest BCUT2D eigenvalue weighted by atomic mass is 10.1. The smallest absolute Gasteiger partial charge is 0.306 e. The Morgan fingerprint density at radius 2 is 0.789 bits per heavy atom. The van der Waals surface area contributed by atoms with Gasteiger partial charge in [0.2, 0.25) is 0 Å². The molecule has 0 spiro atoms. The van der Waals surface area contributed by atoms with E-state index in [0.29, 0.717) is 12.8 Å². The second-order valence-electron chi connectivity index (χ2n) is 14.6. The molecule has 0 aliphatic rings. The second-order valence-corrected chi connectivity index (χ2v) is 14.6. The van der Waals surface area contributed by atoms with Gasteiger partial charge in [-0.3, -0.25) is 14.4 Å². The summed E-state index contributed by atoms with van der Waals surface area (Å²) < 4.78 is 16.6. The highest BCUT2D eigenvalue weighted by Gasteiger charge is 2.19. The number of carbonyl (C=O) groups is 3. The van der Waals surface area contributed by atoms with Gasteiger partial charge in [0.1, 0.15) is 13.2 Å². The predicted molar refractivity (Wildman–Crippen MR) is 242 cm³/mol. The minimum Gasteiger partial charge on any atom is -0.462 e. The molecule has 0 rings (SSSR count). The van der Waals surface area contributed by atoms with Crippen LogP contribution >= 0.6 is 0 Å². The number of ether oxygens (including phenoxy) is 3. The number of unbranched alkanes of at least 4 members (excludes halogenated alkanes) is 13. The first-order chi connectivity index (χ1) is 28.0. The van der Waals surface area contributed by atoms with E-state index in [0.717, 1.165) is 89.9 Å². The van der Waals surface area contributed by atoms with Crippen molar-refractivity contribution in [3.05, 3.63) is 97.2 Å². The Morgan fingerprint density at radius 3 is 1.30 bits per heavy atom. The Kier molecular flexibility index (Phi) is 42.1. The van der Waals surface area contributed by atoms with Gasteiger partial charge in [-0.15, -0.1) is 0 Å². The molecule has 0 radical (unpaired) electrons. The molecular formula is C51H82O6. The molecule has 0 heterocycles. The SMILES string of the molecule is CC/C=C\C/C=C\C/C=C\C/C=C\C/C=C\C/C=C\CCC(=O)OCC(COC(=O)CCCCCCCCCCC)OC(=O)CCCCC/C=C\C=C/CCCC. The fourth-order valence-electron chi connectivity index (χ4n) is 5.68. The number of rotatable bonds is 39. The molecule has 0 amide bonds. The largest absolute Gasteiger partial charge is 0.462 e. The molecule has 0 aliphatic carbocycles.